The second-order valence-electron chi connectivity index (χ2n) is 6.69. The Morgan fingerprint density at radius 3 is 1.03 bits per heavy atom. The van der Waals surface area contributed by atoms with E-state index in [1.165, 1.54) is 20.8 Å². The van der Waals surface area contributed by atoms with E-state index in [0.717, 1.165) is 19.3 Å². The van der Waals surface area contributed by atoms with Crippen molar-refractivity contribution in [2.45, 2.75) is 53.4 Å². The van der Waals surface area contributed by atoms with Gasteiger partial charge in [0.15, 0.2) is 0 Å². The Labute approximate surface area is 178 Å². The average molecular weight is 435 g/mol. The fourth-order valence-corrected chi connectivity index (χ4v) is 1.14. The highest BCUT2D eigenvalue weighted by atomic mass is 16.4. The molecule has 0 aromatic carbocycles. The van der Waals surface area contributed by atoms with Crippen LogP contribution in [0.1, 0.15) is 53.4 Å². The van der Waals surface area contributed by atoms with Crippen molar-refractivity contribution in [3.05, 3.63) is 36.5 Å². The van der Waals surface area contributed by atoms with Crippen LogP contribution < -0.4 is 0 Å². The summed E-state index contributed by atoms with van der Waals surface area (Å²) in [5, 5.41) is 50.5. The molecule has 0 spiro atoms. The van der Waals surface area contributed by atoms with Crippen molar-refractivity contribution >= 4 is 17.9 Å². The van der Waals surface area contributed by atoms with Crippen molar-refractivity contribution in [1.82, 2.24) is 0 Å². The van der Waals surface area contributed by atoms with Gasteiger partial charge in [-0.1, -0.05) is 45.9 Å². The van der Waals surface area contributed by atoms with Gasteiger partial charge in [-0.25, -0.2) is 14.4 Å². The molecule has 0 radical (unpaired) electrons. The van der Waals surface area contributed by atoms with Crippen LogP contribution in [0.15, 0.2) is 36.5 Å². The number of hydrogen-bond acceptors (Lipinski definition) is 6. The Morgan fingerprint density at radius 1 is 0.667 bits per heavy atom. The van der Waals surface area contributed by atoms with E-state index in [2.05, 4.69) is 26.7 Å². The van der Waals surface area contributed by atoms with E-state index in [1.807, 2.05) is 0 Å². The van der Waals surface area contributed by atoms with Crippen molar-refractivity contribution in [2.24, 2.45) is 5.41 Å². The molecule has 0 saturated heterocycles. The Morgan fingerprint density at radius 2 is 0.900 bits per heavy atom. The molecule has 9 heteroatoms. The minimum absolute atomic E-state index is 0.135. The van der Waals surface area contributed by atoms with Crippen LogP contribution in [-0.4, -0.2) is 68.4 Å². The molecule has 0 aliphatic rings. The van der Waals surface area contributed by atoms with Gasteiger partial charge < -0.3 is 30.6 Å². The van der Waals surface area contributed by atoms with Gasteiger partial charge >= 0.3 is 17.9 Å². The Hall–Kier alpha value is -2.49. The summed E-state index contributed by atoms with van der Waals surface area (Å²) in [6.07, 6.45) is 3.85. The van der Waals surface area contributed by atoms with Crippen LogP contribution in [-0.2, 0) is 14.4 Å². The molecule has 30 heavy (non-hydrogen) atoms. The SMILES string of the molecule is C=C(C)C(=O)O.C=C(C)C(=O)O.C=C(C)C(=O)O.CCCCCC(CO)(CO)CO. The molecule has 9 nitrogen and oxygen atoms in total. The van der Waals surface area contributed by atoms with Gasteiger partial charge in [0.2, 0.25) is 0 Å². The van der Waals surface area contributed by atoms with Crippen molar-refractivity contribution in [3.63, 3.8) is 0 Å². The molecule has 0 aromatic rings. The van der Waals surface area contributed by atoms with E-state index in [1.54, 1.807) is 0 Å². The smallest absolute Gasteiger partial charge is 0.330 e. The molecular weight excluding hydrogens is 396 g/mol. The first kappa shape index (κ1) is 35.0. The molecule has 0 atom stereocenters. The highest BCUT2D eigenvalue weighted by molar-refractivity contribution is 5.85. The summed E-state index contributed by atoms with van der Waals surface area (Å²) in [5.41, 5.74) is -0.130. The molecule has 0 aliphatic carbocycles. The molecule has 176 valence electrons. The number of aliphatic carboxylic acids is 3. The lowest BCUT2D eigenvalue weighted by molar-refractivity contribution is -0.133. The summed E-state index contributed by atoms with van der Waals surface area (Å²) in [6, 6.07) is 0. The molecule has 0 saturated carbocycles. The van der Waals surface area contributed by atoms with Crippen molar-refractivity contribution in [1.29, 1.82) is 0 Å². The van der Waals surface area contributed by atoms with Gasteiger partial charge in [-0.3, -0.25) is 0 Å². The molecule has 0 aromatic heterocycles. The maximum absolute atomic E-state index is 9.60. The maximum atomic E-state index is 9.60. The molecule has 6 N–H and O–H groups in total. The standard InChI is InChI=1S/C9H20O3.3C4H6O2/c1-2-3-4-5-9(6-10,7-11)8-12;3*1-3(2)4(5)6/h10-12H,2-8H2,1H3;3*1H2,2H3,(H,5,6). The van der Waals surface area contributed by atoms with E-state index < -0.39 is 23.3 Å². The first-order valence-electron chi connectivity index (χ1n) is 9.16. The molecule has 0 bridgehead atoms. The topological polar surface area (TPSA) is 173 Å². The van der Waals surface area contributed by atoms with Crippen LogP contribution in [0.5, 0.6) is 0 Å². The number of hydrogen-bond donors (Lipinski definition) is 6. The molecular formula is C21H38O9. The Kier molecular flexibility index (Phi) is 24.7. The molecule has 0 unspecified atom stereocenters. The zero-order chi connectivity index (χ0) is 24.9. The van der Waals surface area contributed by atoms with Gasteiger partial charge in [0.05, 0.1) is 19.8 Å². The number of aliphatic hydroxyl groups is 3. The summed E-state index contributed by atoms with van der Waals surface area (Å²) in [4.78, 5) is 28.8. The van der Waals surface area contributed by atoms with Crippen molar-refractivity contribution < 1.29 is 45.0 Å². The highest BCUT2D eigenvalue weighted by Gasteiger charge is 2.26. The van der Waals surface area contributed by atoms with Crippen LogP contribution in [0, 0.1) is 5.41 Å². The van der Waals surface area contributed by atoms with Gasteiger partial charge in [0.25, 0.3) is 0 Å². The average Bonchev–Trinajstić information content (AvgIpc) is 2.67. The number of unbranched alkanes of at least 4 members (excludes halogenated alkanes) is 2. The number of aliphatic hydroxyl groups excluding tert-OH is 3. The number of carboxylic acids is 3. The molecule has 0 heterocycles. The lowest BCUT2D eigenvalue weighted by atomic mass is 9.85. The third-order valence-electron chi connectivity index (χ3n) is 3.41. The quantitative estimate of drug-likeness (QED) is 0.223. The zero-order valence-electron chi connectivity index (χ0n) is 18.5. The number of rotatable bonds is 10. The van der Waals surface area contributed by atoms with Crippen molar-refractivity contribution in [3.8, 4) is 0 Å². The molecule has 0 amide bonds. The van der Waals surface area contributed by atoms with E-state index in [0.29, 0.717) is 6.42 Å². The van der Waals surface area contributed by atoms with Crippen LogP contribution in [0.3, 0.4) is 0 Å². The highest BCUT2D eigenvalue weighted by Crippen LogP contribution is 2.23. The summed E-state index contributed by atoms with van der Waals surface area (Å²) in [7, 11) is 0. The zero-order valence-corrected chi connectivity index (χ0v) is 18.5. The molecule has 0 aliphatic heterocycles. The van der Waals surface area contributed by atoms with E-state index >= 15 is 0 Å². The van der Waals surface area contributed by atoms with Gasteiger partial charge in [0, 0.05) is 22.1 Å². The van der Waals surface area contributed by atoms with E-state index in [4.69, 9.17) is 30.6 Å². The first-order valence-corrected chi connectivity index (χ1v) is 9.16. The lowest BCUT2D eigenvalue weighted by Gasteiger charge is -2.26. The van der Waals surface area contributed by atoms with Gasteiger partial charge in [-0.2, -0.15) is 0 Å². The number of carboxylic acid groups (broad SMARTS) is 3. The maximum Gasteiger partial charge on any atom is 0.330 e. The minimum atomic E-state index is -0.935. The fraction of sp³-hybridized carbons (Fsp3) is 0.571. The minimum Gasteiger partial charge on any atom is -0.478 e. The Bertz CT molecular complexity index is 445. The summed E-state index contributed by atoms with van der Waals surface area (Å²) >= 11 is 0. The summed E-state index contributed by atoms with van der Waals surface area (Å²) < 4.78 is 0. The van der Waals surface area contributed by atoms with E-state index in [-0.39, 0.29) is 36.5 Å². The van der Waals surface area contributed by atoms with Crippen molar-refractivity contribution in [2.75, 3.05) is 19.8 Å². The van der Waals surface area contributed by atoms with Gasteiger partial charge in [0.1, 0.15) is 0 Å². The first-order chi connectivity index (χ1) is 13.7. The van der Waals surface area contributed by atoms with Crippen LogP contribution in [0.25, 0.3) is 0 Å². The summed E-state index contributed by atoms with van der Waals surface area (Å²) in [5.74, 6) is -2.81. The Balaban J connectivity index is -0.000000161. The van der Waals surface area contributed by atoms with Crippen LogP contribution in [0.4, 0.5) is 0 Å². The normalized spacial score (nSPS) is 9.30. The second-order valence-corrected chi connectivity index (χ2v) is 6.69. The van der Waals surface area contributed by atoms with Crippen LogP contribution in [0.2, 0.25) is 0 Å². The van der Waals surface area contributed by atoms with Gasteiger partial charge in [-0.15, -0.1) is 0 Å². The fourth-order valence-electron chi connectivity index (χ4n) is 1.14. The predicted octanol–water partition coefficient (Wildman–Crippen LogP) is 2.47. The monoisotopic (exact) mass is 434 g/mol. The molecule has 0 fully saturated rings. The predicted molar refractivity (Wildman–Crippen MR) is 115 cm³/mol. The third-order valence-corrected chi connectivity index (χ3v) is 3.41. The van der Waals surface area contributed by atoms with Crippen LogP contribution >= 0.6 is 0 Å². The van der Waals surface area contributed by atoms with E-state index in [9.17, 15) is 14.4 Å². The summed E-state index contributed by atoms with van der Waals surface area (Å²) in [6.45, 7) is 15.5. The largest absolute Gasteiger partial charge is 0.478 e. The van der Waals surface area contributed by atoms with Gasteiger partial charge in [-0.05, 0) is 27.2 Å². The second kappa shape index (κ2) is 21.2. The molecule has 0 rings (SSSR count). The third kappa shape index (κ3) is 25.5. The lowest BCUT2D eigenvalue weighted by Crippen LogP contribution is -2.33. The number of carbonyl (C=O) groups is 3.